The molecule has 0 atom stereocenters. The molecule has 9 heteroatoms. The summed E-state index contributed by atoms with van der Waals surface area (Å²) in [5.41, 5.74) is 3.12. The molecule has 1 amide bonds. The summed E-state index contributed by atoms with van der Waals surface area (Å²) in [6.45, 7) is 2.16. The molecule has 4 heterocycles. The fourth-order valence-corrected chi connectivity index (χ4v) is 3.21. The molecule has 0 radical (unpaired) electrons. The second-order valence-corrected chi connectivity index (χ2v) is 7.05. The van der Waals surface area contributed by atoms with Gasteiger partial charge in [0.15, 0.2) is 0 Å². The highest BCUT2D eigenvalue weighted by Crippen LogP contribution is 2.40. The van der Waals surface area contributed by atoms with Gasteiger partial charge in [0.05, 0.1) is 16.6 Å². The summed E-state index contributed by atoms with van der Waals surface area (Å²) in [5.74, 6) is 1.07. The number of carbonyl (C=O) groups excluding carboxylic acids is 1. The van der Waals surface area contributed by atoms with Crippen LogP contribution in [0.25, 0.3) is 22.6 Å². The van der Waals surface area contributed by atoms with E-state index in [2.05, 4.69) is 30.6 Å². The summed E-state index contributed by atoms with van der Waals surface area (Å²) in [4.78, 5) is 25.9. The van der Waals surface area contributed by atoms with Crippen LogP contribution in [0.4, 0.5) is 0 Å². The van der Waals surface area contributed by atoms with E-state index in [-0.39, 0.29) is 5.91 Å². The standard InChI is InChI=1S/C20H18N6O3/c1-11-17-13(10-15(12-5-6-12)23-20(17)29-25-11)19(27)22-9-7-16-24-18(26-28-16)14-4-2-3-8-21-14/h2-4,8,10,12H,5-7,9H2,1H3,(H,22,27). The lowest BCUT2D eigenvalue weighted by atomic mass is 10.1. The lowest BCUT2D eigenvalue weighted by molar-refractivity contribution is 0.0955. The minimum atomic E-state index is -0.199. The number of pyridine rings is 2. The van der Waals surface area contributed by atoms with Crippen LogP contribution in [0.15, 0.2) is 39.5 Å². The van der Waals surface area contributed by atoms with E-state index < -0.39 is 0 Å². The Labute approximate surface area is 165 Å². The number of aromatic nitrogens is 5. The number of rotatable bonds is 6. The van der Waals surface area contributed by atoms with Crippen molar-refractivity contribution in [1.29, 1.82) is 0 Å². The van der Waals surface area contributed by atoms with Crippen LogP contribution in [0.1, 0.15) is 46.4 Å². The Bertz CT molecular complexity index is 1180. The molecule has 1 fully saturated rings. The van der Waals surface area contributed by atoms with E-state index in [9.17, 15) is 4.79 Å². The van der Waals surface area contributed by atoms with Crippen molar-refractivity contribution in [2.24, 2.45) is 0 Å². The van der Waals surface area contributed by atoms with Crippen LogP contribution in [0.3, 0.4) is 0 Å². The van der Waals surface area contributed by atoms with Gasteiger partial charge in [0.2, 0.25) is 11.7 Å². The zero-order chi connectivity index (χ0) is 19.8. The first-order valence-electron chi connectivity index (χ1n) is 9.48. The number of nitrogens with one attached hydrogen (secondary N) is 1. The zero-order valence-electron chi connectivity index (χ0n) is 15.8. The van der Waals surface area contributed by atoms with Crippen LogP contribution in [-0.4, -0.2) is 37.7 Å². The molecule has 0 bridgehead atoms. The van der Waals surface area contributed by atoms with Crippen molar-refractivity contribution in [1.82, 2.24) is 30.6 Å². The largest absolute Gasteiger partial charge is 0.351 e. The quantitative estimate of drug-likeness (QED) is 0.534. The van der Waals surface area contributed by atoms with Crippen molar-refractivity contribution in [2.45, 2.75) is 32.1 Å². The lowest BCUT2D eigenvalue weighted by Gasteiger charge is -2.07. The molecule has 0 aromatic carbocycles. The van der Waals surface area contributed by atoms with Crippen molar-refractivity contribution < 1.29 is 13.8 Å². The number of nitrogens with zero attached hydrogens (tertiary/aromatic N) is 5. The molecule has 5 rings (SSSR count). The highest BCUT2D eigenvalue weighted by atomic mass is 16.5. The average Bonchev–Trinajstić information content (AvgIpc) is 3.39. The lowest BCUT2D eigenvalue weighted by Crippen LogP contribution is -2.26. The Morgan fingerprint density at radius 2 is 2.10 bits per heavy atom. The van der Waals surface area contributed by atoms with Gasteiger partial charge in [0.1, 0.15) is 5.69 Å². The molecule has 1 aliphatic carbocycles. The fraction of sp³-hybridized carbons (Fsp3) is 0.300. The summed E-state index contributed by atoms with van der Waals surface area (Å²) >= 11 is 0. The van der Waals surface area contributed by atoms with E-state index in [0.717, 1.165) is 18.5 Å². The van der Waals surface area contributed by atoms with Gasteiger partial charge in [0.25, 0.3) is 11.6 Å². The SMILES string of the molecule is Cc1noc2nc(C3CC3)cc(C(=O)NCCc3nc(-c4ccccn4)no3)c12. The molecule has 9 nitrogen and oxygen atoms in total. The van der Waals surface area contributed by atoms with E-state index in [1.807, 2.05) is 24.3 Å². The molecule has 0 spiro atoms. The Morgan fingerprint density at radius 3 is 2.90 bits per heavy atom. The van der Waals surface area contributed by atoms with Crippen LogP contribution < -0.4 is 5.32 Å². The molecule has 146 valence electrons. The minimum absolute atomic E-state index is 0.199. The molecule has 4 aromatic heterocycles. The van der Waals surface area contributed by atoms with Gasteiger partial charge in [-0.3, -0.25) is 9.78 Å². The van der Waals surface area contributed by atoms with Crippen LogP contribution in [-0.2, 0) is 6.42 Å². The van der Waals surface area contributed by atoms with E-state index in [1.54, 1.807) is 13.1 Å². The van der Waals surface area contributed by atoms with Gasteiger partial charge in [-0.2, -0.15) is 4.98 Å². The maximum absolute atomic E-state index is 12.8. The van der Waals surface area contributed by atoms with Crippen LogP contribution in [0, 0.1) is 6.92 Å². The Morgan fingerprint density at radius 1 is 1.21 bits per heavy atom. The first-order valence-corrected chi connectivity index (χ1v) is 9.48. The zero-order valence-corrected chi connectivity index (χ0v) is 15.8. The Hall–Kier alpha value is -3.62. The molecule has 4 aromatic rings. The van der Waals surface area contributed by atoms with Crippen molar-refractivity contribution in [3.63, 3.8) is 0 Å². The minimum Gasteiger partial charge on any atom is -0.351 e. The van der Waals surface area contributed by atoms with E-state index in [0.29, 0.717) is 58.6 Å². The molecule has 1 aliphatic rings. The number of hydrogen-bond acceptors (Lipinski definition) is 8. The average molecular weight is 390 g/mol. The summed E-state index contributed by atoms with van der Waals surface area (Å²) in [6, 6.07) is 7.34. The molecular weight excluding hydrogens is 372 g/mol. The first-order chi connectivity index (χ1) is 14.2. The van der Waals surface area contributed by atoms with Gasteiger partial charge in [0, 0.05) is 30.8 Å². The fourth-order valence-electron chi connectivity index (χ4n) is 3.21. The van der Waals surface area contributed by atoms with Gasteiger partial charge < -0.3 is 14.4 Å². The molecule has 1 saturated carbocycles. The summed E-state index contributed by atoms with van der Waals surface area (Å²) in [5, 5.41) is 11.5. The molecule has 0 aliphatic heterocycles. The van der Waals surface area contributed by atoms with Gasteiger partial charge in [-0.1, -0.05) is 16.4 Å². The molecule has 0 saturated heterocycles. The Balaban J connectivity index is 1.29. The number of hydrogen-bond donors (Lipinski definition) is 1. The van der Waals surface area contributed by atoms with Crippen LogP contribution in [0.2, 0.25) is 0 Å². The van der Waals surface area contributed by atoms with Crippen LogP contribution in [0.5, 0.6) is 0 Å². The van der Waals surface area contributed by atoms with E-state index in [4.69, 9.17) is 9.05 Å². The third kappa shape index (κ3) is 3.46. The number of carbonyl (C=O) groups is 1. The molecular formula is C20H18N6O3. The van der Waals surface area contributed by atoms with Gasteiger partial charge in [-0.05, 0) is 38.0 Å². The molecule has 29 heavy (non-hydrogen) atoms. The second-order valence-electron chi connectivity index (χ2n) is 7.05. The molecule has 1 N–H and O–H groups in total. The van der Waals surface area contributed by atoms with Gasteiger partial charge in [-0.25, -0.2) is 4.98 Å². The van der Waals surface area contributed by atoms with Crippen LogP contribution >= 0.6 is 0 Å². The third-order valence-electron chi connectivity index (χ3n) is 4.86. The smallest absolute Gasteiger partial charge is 0.259 e. The highest BCUT2D eigenvalue weighted by molar-refractivity contribution is 6.06. The molecule has 0 unspecified atom stereocenters. The maximum Gasteiger partial charge on any atom is 0.259 e. The third-order valence-corrected chi connectivity index (χ3v) is 4.86. The van der Waals surface area contributed by atoms with Crippen molar-refractivity contribution in [3.05, 3.63) is 53.3 Å². The highest BCUT2D eigenvalue weighted by Gasteiger charge is 2.28. The predicted molar refractivity (Wildman–Crippen MR) is 102 cm³/mol. The van der Waals surface area contributed by atoms with E-state index in [1.165, 1.54) is 0 Å². The number of fused-ring (bicyclic) bond motifs is 1. The van der Waals surface area contributed by atoms with Gasteiger partial charge >= 0.3 is 0 Å². The summed E-state index contributed by atoms with van der Waals surface area (Å²) in [6.07, 6.45) is 4.26. The topological polar surface area (TPSA) is 120 Å². The van der Waals surface area contributed by atoms with E-state index >= 15 is 0 Å². The van der Waals surface area contributed by atoms with Crippen molar-refractivity contribution >= 4 is 17.0 Å². The normalized spacial score (nSPS) is 13.7. The van der Waals surface area contributed by atoms with Gasteiger partial charge in [-0.15, -0.1) is 0 Å². The summed E-state index contributed by atoms with van der Waals surface area (Å²) in [7, 11) is 0. The van der Waals surface area contributed by atoms with Crippen molar-refractivity contribution in [3.8, 4) is 11.5 Å². The number of amides is 1. The summed E-state index contributed by atoms with van der Waals surface area (Å²) < 4.78 is 10.6. The van der Waals surface area contributed by atoms with Crippen molar-refractivity contribution in [2.75, 3.05) is 6.54 Å². The number of aryl methyl sites for hydroxylation is 1. The monoisotopic (exact) mass is 390 g/mol. The predicted octanol–water partition coefficient (Wildman–Crippen LogP) is 2.83. The first kappa shape index (κ1) is 17.5. The maximum atomic E-state index is 12.8. The Kier molecular flexibility index (Phi) is 4.27. The second kappa shape index (κ2) is 7.08.